The molecule has 0 unspecified atom stereocenters. The molecule has 0 spiro atoms. The third kappa shape index (κ3) is 4.02. The summed E-state index contributed by atoms with van der Waals surface area (Å²) in [5.74, 6) is -0.868. The third-order valence-electron chi connectivity index (χ3n) is 3.47. The lowest BCUT2D eigenvalue weighted by Gasteiger charge is -2.17. The van der Waals surface area contributed by atoms with Gasteiger partial charge in [0.25, 0.3) is 0 Å². The molecule has 2 rings (SSSR count). The Morgan fingerprint density at radius 2 is 1.38 bits per heavy atom. The van der Waals surface area contributed by atoms with Gasteiger partial charge in [-0.3, -0.25) is 0 Å². The third-order valence-corrected chi connectivity index (χ3v) is 3.47. The summed E-state index contributed by atoms with van der Waals surface area (Å²) in [5, 5.41) is 0. The topological polar surface area (TPSA) is 18.5 Å². The van der Waals surface area contributed by atoms with Gasteiger partial charge in [-0.05, 0) is 42.7 Å². The van der Waals surface area contributed by atoms with Gasteiger partial charge in [0.15, 0.2) is 0 Å². The van der Waals surface area contributed by atoms with Crippen molar-refractivity contribution in [1.29, 1.82) is 0 Å². The van der Waals surface area contributed by atoms with Crippen LogP contribution in [0.1, 0.15) is 32.3 Å². The largest absolute Gasteiger partial charge is 0.493 e. The second-order valence-electron chi connectivity index (χ2n) is 5.38. The van der Waals surface area contributed by atoms with Crippen LogP contribution in [-0.2, 0) is 6.67 Å². The van der Waals surface area contributed by atoms with Crippen molar-refractivity contribution in [3.63, 3.8) is 0 Å². The minimum atomic E-state index is -1.19. The summed E-state index contributed by atoms with van der Waals surface area (Å²) in [6, 6.07) is 7.45. The highest BCUT2D eigenvalue weighted by Gasteiger charge is 2.18. The van der Waals surface area contributed by atoms with Crippen molar-refractivity contribution in [2.24, 2.45) is 0 Å². The van der Waals surface area contributed by atoms with Crippen LogP contribution in [0.25, 0.3) is 11.1 Å². The number of hydrogen-bond acceptors (Lipinski definition) is 2. The van der Waals surface area contributed by atoms with Gasteiger partial charge in [-0.25, -0.2) is 13.2 Å². The summed E-state index contributed by atoms with van der Waals surface area (Å²) < 4.78 is 52.1. The van der Waals surface area contributed by atoms with E-state index in [2.05, 4.69) is 0 Å². The van der Waals surface area contributed by atoms with E-state index in [4.69, 9.17) is 9.47 Å². The van der Waals surface area contributed by atoms with Gasteiger partial charge in [0.2, 0.25) is 0 Å². The molecule has 0 heterocycles. The molecule has 0 amide bonds. The SMILES string of the molecule is CCCOc1cccc(OCCC)c1-c1cc(F)c(CF)c(F)c1. The Bertz CT molecular complexity index is 637. The van der Waals surface area contributed by atoms with Crippen molar-refractivity contribution in [3.8, 4) is 22.6 Å². The molecular weight excluding hydrogens is 317 g/mol. The molecule has 0 bridgehead atoms. The van der Waals surface area contributed by atoms with E-state index in [1.54, 1.807) is 18.2 Å². The monoisotopic (exact) mass is 338 g/mol. The van der Waals surface area contributed by atoms with Crippen molar-refractivity contribution in [1.82, 2.24) is 0 Å². The van der Waals surface area contributed by atoms with Gasteiger partial charge < -0.3 is 9.47 Å². The molecule has 130 valence electrons. The fourth-order valence-electron chi connectivity index (χ4n) is 2.34. The Balaban J connectivity index is 2.56. The molecule has 0 radical (unpaired) electrons. The Kier molecular flexibility index (Phi) is 6.53. The lowest BCUT2D eigenvalue weighted by atomic mass is 10.0. The van der Waals surface area contributed by atoms with E-state index in [1.165, 1.54) is 0 Å². The van der Waals surface area contributed by atoms with Crippen LogP contribution in [0.4, 0.5) is 13.2 Å². The highest BCUT2D eigenvalue weighted by Crippen LogP contribution is 2.40. The van der Waals surface area contributed by atoms with Crippen molar-refractivity contribution in [2.45, 2.75) is 33.4 Å². The minimum Gasteiger partial charge on any atom is -0.493 e. The highest BCUT2D eigenvalue weighted by molar-refractivity contribution is 5.77. The van der Waals surface area contributed by atoms with E-state index in [1.807, 2.05) is 13.8 Å². The summed E-state index contributed by atoms with van der Waals surface area (Å²) in [7, 11) is 0. The molecule has 0 saturated carbocycles. The lowest BCUT2D eigenvalue weighted by molar-refractivity contribution is 0.304. The lowest BCUT2D eigenvalue weighted by Crippen LogP contribution is -2.02. The standard InChI is InChI=1S/C19H21F3O2/c1-3-8-23-17-6-5-7-18(24-9-4-2)19(17)13-10-15(21)14(12-20)16(22)11-13/h5-7,10-11H,3-4,8-9,12H2,1-2H3. The summed E-state index contributed by atoms with van der Waals surface area (Å²) in [5.41, 5.74) is 0.171. The summed E-state index contributed by atoms with van der Waals surface area (Å²) in [6.07, 6.45) is 1.59. The van der Waals surface area contributed by atoms with Crippen molar-refractivity contribution in [3.05, 3.63) is 47.5 Å². The molecule has 0 atom stereocenters. The average molecular weight is 338 g/mol. The first kappa shape index (κ1) is 18.2. The number of ether oxygens (including phenoxy) is 2. The van der Waals surface area contributed by atoms with Gasteiger partial charge in [0.1, 0.15) is 29.8 Å². The van der Waals surface area contributed by atoms with Crippen LogP contribution in [0.5, 0.6) is 11.5 Å². The van der Waals surface area contributed by atoms with E-state index in [0.717, 1.165) is 25.0 Å². The Morgan fingerprint density at radius 3 is 1.79 bits per heavy atom. The molecule has 2 aromatic carbocycles. The van der Waals surface area contributed by atoms with Gasteiger partial charge >= 0.3 is 0 Å². The molecule has 0 aliphatic heterocycles. The fraction of sp³-hybridized carbons (Fsp3) is 0.368. The number of benzene rings is 2. The molecule has 24 heavy (non-hydrogen) atoms. The normalized spacial score (nSPS) is 10.7. The molecule has 0 saturated heterocycles. The molecule has 0 N–H and O–H groups in total. The second kappa shape index (κ2) is 8.62. The van der Waals surface area contributed by atoms with E-state index in [0.29, 0.717) is 30.3 Å². The molecule has 0 fully saturated rings. The zero-order valence-electron chi connectivity index (χ0n) is 13.9. The van der Waals surface area contributed by atoms with Gasteiger partial charge in [-0.2, -0.15) is 0 Å². The van der Waals surface area contributed by atoms with Crippen LogP contribution < -0.4 is 9.47 Å². The van der Waals surface area contributed by atoms with Gasteiger partial charge in [0.05, 0.1) is 24.3 Å². The van der Waals surface area contributed by atoms with Crippen LogP contribution >= 0.6 is 0 Å². The summed E-state index contributed by atoms with van der Waals surface area (Å²) in [6.45, 7) is 3.68. The molecule has 0 aliphatic carbocycles. The Hall–Kier alpha value is -2.17. The van der Waals surface area contributed by atoms with Crippen LogP contribution in [0.3, 0.4) is 0 Å². The average Bonchev–Trinajstić information content (AvgIpc) is 2.57. The minimum absolute atomic E-state index is 0.264. The Labute approximate surface area is 140 Å². The van der Waals surface area contributed by atoms with Crippen LogP contribution in [-0.4, -0.2) is 13.2 Å². The maximum atomic E-state index is 14.0. The predicted molar refractivity (Wildman–Crippen MR) is 88.2 cm³/mol. The predicted octanol–water partition coefficient (Wildman–Crippen LogP) is 5.68. The van der Waals surface area contributed by atoms with Gasteiger partial charge in [-0.15, -0.1) is 0 Å². The smallest absolute Gasteiger partial charge is 0.132 e. The first-order valence-corrected chi connectivity index (χ1v) is 8.05. The zero-order chi connectivity index (χ0) is 17.5. The highest BCUT2D eigenvalue weighted by atomic mass is 19.1. The van der Waals surface area contributed by atoms with Gasteiger partial charge in [0, 0.05) is 0 Å². The fourth-order valence-corrected chi connectivity index (χ4v) is 2.34. The van der Waals surface area contributed by atoms with Crippen molar-refractivity contribution < 1.29 is 22.6 Å². The van der Waals surface area contributed by atoms with Crippen LogP contribution in [0.2, 0.25) is 0 Å². The number of halogens is 3. The first-order valence-electron chi connectivity index (χ1n) is 8.05. The summed E-state index contributed by atoms with van der Waals surface area (Å²) >= 11 is 0. The molecule has 5 heteroatoms. The molecular formula is C19H21F3O2. The summed E-state index contributed by atoms with van der Waals surface area (Å²) in [4.78, 5) is 0. The first-order chi connectivity index (χ1) is 11.6. The number of rotatable bonds is 8. The molecule has 0 aromatic heterocycles. The molecule has 2 nitrogen and oxygen atoms in total. The number of alkyl halides is 1. The quantitative estimate of drug-likeness (QED) is 0.616. The van der Waals surface area contributed by atoms with Crippen LogP contribution in [0, 0.1) is 11.6 Å². The maximum Gasteiger partial charge on any atom is 0.132 e. The molecule has 2 aromatic rings. The van der Waals surface area contributed by atoms with E-state index in [9.17, 15) is 13.2 Å². The Morgan fingerprint density at radius 1 is 0.875 bits per heavy atom. The molecule has 0 aliphatic rings. The van der Waals surface area contributed by atoms with E-state index >= 15 is 0 Å². The van der Waals surface area contributed by atoms with Crippen molar-refractivity contribution in [2.75, 3.05) is 13.2 Å². The van der Waals surface area contributed by atoms with E-state index in [-0.39, 0.29) is 5.56 Å². The maximum absolute atomic E-state index is 14.0. The van der Waals surface area contributed by atoms with Crippen LogP contribution in [0.15, 0.2) is 30.3 Å². The van der Waals surface area contributed by atoms with Crippen molar-refractivity contribution >= 4 is 0 Å². The number of hydrogen-bond donors (Lipinski definition) is 0. The second-order valence-corrected chi connectivity index (χ2v) is 5.38. The van der Waals surface area contributed by atoms with Gasteiger partial charge in [-0.1, -0.05) is 19.9 Å². The zero-order valence-corrected chi connectivity index (χ0v) is 13.9. The van der Waals surface area contributed by atoms with E-state index < -0.39 is 23.9 Å².